The zero-order valence-electron chi connectivity index (χ0n) is 10.7. The number of nitrogens with zero attached hydrogens (tertiary/aromatic N) is 3. The first-order valence-electron chi connectivity index (χ1n) is 6.07. The molecular weight excluding hydrogens is 288 g/mol. The second-order valence-corrected chi connectivity index (χ2v) is 4.65. The Morgan fingerprint density at radius 3 is 2.80 bits per heavy atom. The van der Waals surface area contributed by atoms with E-state index in [4.69, 9.17) is 11.6 Å². The van der Waals surface area contributed by atoms with Crippen LogP contribution in [0.1, 0.15) is 29.5 Å². The van der Waals surface area contributed by atoms with Crippen molar-refractivity contribution in [1.29, 1.82) is 0 Å². The first kappa shape index (κ1) is 14.6. The second-order valence-electron chi connectivity index (χ2n) is 4.25. The van der Waals surface area contributed by atoms with E-state index >= 15 is 0 Å². The van der Waals surface area contributed by atoms with Gasteiger partial charge in [-0.3, -0.25) is 4.79 Å². The maximum Gasteiger partial charge on any atom is 0.173 e. The Bertz CT molecular complexity index is 643. The Morgan fingerprint density at radius 1 is 1.35 bits per heavy atom. The minimum Gasteiger partial charge on any atom is -0.294 e. The van der Waals surface area contributed by atoms with Crippen LogP contribution >= 0.6 is 11.6 Å². The van der Waals surface area contributed by atoms with Gasteiger partial charge in [0.2, 0.25) is 0 Å². The smallest absolute Gasteiger partial charge is 0.173 e. The predicted octanol–water partition coefficient (Wildman–Crippen LogP) is 3.05. The molecule has 0 fully saturated rings. The minimum absolute atomic E-state index is 0.141. The normalized spacial score (nSPS) is 10.8. The van der Waals surface area contributed by atoms with Crippen molar-refractivity contribution in [3.8, 4) is 0 Å². The number of hydrogen-bond donors (Lipinski definition) is 0. The van der Waals surface area contributed by atoms with Gasteiger partial charge in [-0.1, -0.05) is 18.5 Å². The molecule has 0 N–H and O–H groups in total. The monoisotopic (exact) mass is 299 g/mol. The molecule has 1 heterocycles. The molecule has 7 heteroatoms. The molecule has 0 aliphatic rings. The van der Waals surface area contributed by atoms with Crippen LogP contribution in [0.15, 0.2) is 18.5 Å². The van der Waals surface area contributed by atoms with Crippen LogP contribution in [-0.4, -0.2) is 20.5 Å². The quantitative estimate of drug-likeness (QED) is 0.630. The van der Waals surface area contributed by atoms with Crippen LogP contribution in [0.3, 0.4) is 0 Å². The largest absolute Gasteiger partial charge is 0.294 e. The molecule has 1 aromatic carbocycles. The van der Waals surface area contributed by atoms with E-state index in [0.717, 1.165) is 18.6 Å². The van der Waals surface area contributed by atoms with Crippen molar-refractivity contribution in [3.05, 3.63) is 46.5 Å². The number of ketones is 1. The molecule has 0 bridgehead atoms. The summed E-state index contributed by atoms with van der Waals surface area (Å²) < 4.78 is 28.5. The Morgan fingerprint density at radius 2 is 2.10 bits per heavy atom. The van der Waals surface area contributed by atoms with Gasteiger partial charge in [0.25, 0.3) is 0 Å². The summed E-state index contributed by atoms with van der Waals surface area (Å²) in [6, 6.07) is 1.60. The first-order valence-corrected chi connectivity index (χ1v) is 6.45. The van der Waals surface area contributed by atoms with Crippen LogP contribution < -0.4 is 0 Å². The van der Waals surface area contributed by atoms with Crippen LogP contribution in [0, 0.1) is 11.6 Å². The summed E-state index contributed by atoms with van der Waals surface area (Å²) >= 11 is 5.45. The van der Waals surface area contributed by atoms with Crippen LogP contribution in [0.2, 0.25) is 5.02 Å². The van der Waals surface area contributed by atoms with E-state index in [1.807, 2.05) is 6.92 Å². The lowest BCUT2D eigenvalue weighted by atomic mass is 10.1. The van der Waals surface area contributed by atoms with Crippen LogP contribution in [0.25, 0.3) is 0 Å². The van der Waals surface area contributed by atoms with Crippen molar-refractivity contribution in [3.63, 3.8) is 0 Å². The molecule has 0 aliphatic heterocycles. The number of carbonyl (C=O) groups excluding carboxylic acids is 1. The van der Waals surface area contributed by atoms with Crippen LogP contribution in [-0.2, 0) is 13.0 Å². The molecule has 0 saturated carbocycles. The van der Waals surface area contributed by atoms with Gasteiger partial charge in [0.1, 0.15) is 23.8 Å². The lowest BCUT2D eigenvalue weighted by Gasteiger charge is -2.05. The zero-order valence-corrected chi connectivity index (χ0v) is 11.5. The molecule has 0 radical (unpaired) electrons. The van der Waals surface area contributed by atoms with Crippen LogP contribution in [0.5, 0.6) is 0 Å². The van der Waals surface area contributed by atoms with Gasteiger partial charge < -0.3 is 0 Å². The van der Waals surface area contributed by atoms with Gasteiger partial charge in [-0.05, 0) is 18.6 Å². The topological polar surface area (TPSA) is 47.8 Å². The van der Waals surface area contributed by atoms with Gasteiger partial charge in [-0.15, -0.1) is 0 Å². The predicted molar refractivity (Wildman–Crippen MR) is 69.7 cm³/mol. The number of Topliss-reactive ketones (excluding diaryl/α,β-unsaturated/α-hetero) is 1. The fourth-order valence-electron chi connectivity index (χ4n) is 1.80. The highest BCUT2D eigenvalue weighted by Crippen LogP contribution is 2.20. The van der Waals surface area contributed by atoms with Gasteiger partial charge in [0.15, 0.2) is 5.78 Å². The van der Waals surface area contributed by atoms with Gasteiger partial charge in [-0.25, -0.2) is 18.4 Å². The number of rotatable bonds is 5. The third-order valence-electron chi connectivity index (χ3n) is 2.76. The lowest BCUT2D eigenvalue weighted by Crippen LogP contribution is -2.13. The number of benzene rings is 1. The number of carbonyl (C=O) groups is 1. The molecule has 0 aliphatic carbocycles. The third kappa shape index (κ3) is 3.01. The van der Waals surface area contributed by atoms with Crippen molar-refractivity contribution in [2.24, 2.45) is 0 Å². The highest BCUT2D eigenvalue weighted by molar-refractivity contribution is 6.30. The van der Waals surface area contributed by atoms with Crippen molar-refractivity contribution in [1.82, 2.24) is 14.8 Å². The summed E-state index contributed by atoms with van der Waals surface area (Å²) in [7, 11) is 0. The van der Waals surface area contributed by atoms with E-state index in [1.54, 1.807) is 4.68 Å². The average molecular weight is 300 g/mol. The highest BCUT2D eigenvalue weighted by Gasteiger charge is 2.18. The Hall–Kier alpha value is -1.82. The number of hydrogen-bond acceptors (Lipinski definition) is 3. The molecule has 106 valence electrons. The van der Waals surface area contributed by atoms with E-state index in [0.29, 0.717) is 12.4 Å². The molecule has 0 atom stereocenters. The Labute approximate surface area is 119 Å². The second kappa shape index (κ2) is 6.09. The molecule has 2 aromatic rings. The van der Waals surface area contributed by atoms with Gasteiger partial charge in [-0.2, -0.15) is 5.10 Å². The van der Waals surface area contributed by atoms with Crippen LogP contribution in [0.4, 0.5) is 8.78 Å². The van der Waals surface area contributed by atoms with E-state index < -0.39 is 17.4 Å². The SMILES string of the molecule is CCCn1ncnc1CC(=O)c1cc(F)c(Cl)cc1F. The Balaban J connectivity index is 2.24. The molecule has 1 aromatic heterocycles. The van der Waals surface area contributed by atoms with Crippen molar-refractivity contribution < 1.29 is 13.6 Å². The van der Waals surface area contributed by atoms with Gasteiger partial charge in [0, 0.05) is 6.54 Å². The summed E-state index contributed by atoms with van der Waals surface area (Å²) in [4.78, 5) is 16.0. The van der Waals surface area contributed by atoms with E-state index in [2.05, 4.69) is 10.1 Å². The standard InChI is InChI=1S/C13H12ClF2N3O/c1-2-3-19-13(17-7-18-19)6-12(20)8-4-11(16)9(14)5-10(8)15/h4-5,7H,2-3,6H2,1H3. The molecule has 0 unspecified atom stereocenters. The maximum atomic E-state index is 13.6. The minimum atomic E-state index is -0.844. The number of halogens is 3. The van der Waals surface area contributed by atoms with Gasteiger partial charge >= 0.3 is 0 Å². The summed E-state index contributed by atoms with van der Waals surface area (Å²) in [5.41, 5.74) is -0.335. The maximum absolute atomic E-state index is 13.6. The fraction of sp³-hybridized carbons (Fsp3) is 0.308. The molecule has 0 spiro atoms. The Kier molecular flexibility index (Phi) is 4.44. The number of aryl methyl sites for hydroxylation is 1. The summed E-state index contributed by atoms with van der Waals surface area (Å²) in [6.07, 6.45) is 2.02. The van der Waals surface area contributed by atoms with Crippen molar-refractivity contribution >= 4 is 17.4 Å². The van der Waals surface area contributed by atoms with Gasteiger partial charge in [0.05, 0.1) is 17.0 Å². The lowest BCUT2D eigenvalue weighted by molar-refractivity contribution is 0.0985. The van der Waals surface area contributed by atoms with Crippen molar-refractivity contribution in [2.75, 3.05) is 0 Å². The number of aromatic nitrogens is 3. The third-order valence-corrected chi connectivity index (χ3v) is 3.05. The summed E-state index contributed by atoms with van der Waals surface area (Å²) in [6.45, 7) is 2.57. The zero-order chi connectivity index (χ0) is 14.7. The molecule has 4 nitrogen and oxygen atoms in total. The fourth-order valence-corrected chi connectivity index (χ4v) is 1.95. The molecule has 2 rings (SSSR count). The van der Waals surface area contributed by atoms with E-state index in [-0.39, 0.29) is 17.0 Å². The molecule has 0 amide bonds. The van der Waals surface area contributed by atoms with E-state index in [1.165, 1.54) is 6.33 Å². The summed E-state index contributed by atoms with van der Waals surface area (Å²) in [5.74, 6) is -1.82. The molecular formula is C13H12ClF2N3O. The molecule has 0 saturated heterocycles. The summed E-state index contributed by atoms with van der Waals surface area (Å²) in [5, 5.41) is 3.62. The van der Waals surface area contributed by atoms with E-state index in [9.17, 15) is 13.6 Å². The first-order chi connectivity index (χ1) is 9.52. The van der Waals surface area contributed by atoms with Crippen molar-refractivity contribution in [2.45, 2.75) is 26.3 Å². The molecule has 20 heavy (non-hydrogen) atoms. The highest BCUT2D eigenvalue weighted by atomic mass is 35.5. The average Bonchev–Trinajstić information content (AvgIpc) is 2.81.